The second-order valence-corrected chi connectivity index (χ2v) is 7.80. The minimum Gasteiger partial charge on any atom is -0.378 e. The number of pyridine rings is 1. The minimum absolute atomic E-state index is 0.689. The van der Waals surface area contributed by atoms with Gasteiger partial charge >= 0.3 is 0 Å². The first-order valence-corrected chi connectivity index (χ1v) is 10.5. The van der Waals surface area contributed by atoms with Crippen LogP contribution in [0.5, 0.6) is 0 Å². The van der Waals surface area contributed by atoms with Gasteiger partial charge in [-0.05, 0) is 35.4 Å². The molecule has 0 saturated heterocycles. The minimum atomic E-state index is 0.689. The lowest BCUT2D eigenvalue weighted by atomic mass is 10.2. The second-order valence-electron chi connectivity index (χ2n) is 6.86. The molecule has 0 atom stereocenters. The van der Waals surface area contributed by atoms with Gasteiger partial charge in [-0.15, -0.1) is 10.2 Å². The van der Waals surface area contributed by atoms with Crippen molar-refractivity contribution in [3.8, 4) is 11.4 Å². The number of benzene rings is 2. The fourth-order valence-corrected chi connectivity index (χ4v) is 3.69. The number of aromatic nitrogens is 4. The molecule has 6 nitrogen and oxygen atoms in total. The number of thioether (sulfide) groups is 1. The van der Waals surface area contributed by atoms with Gasteiger partial charge in [-0.1, -0.05) is 54.2 Å². The number of anilines is 1. The van der Waals surface area contributed by atoms with Crippen molar-refractivity contribution in [3.05, 3.63) is 90.3 Å². The Bertz CT molecular complexity index is 1110. The van der Waals surface area contributed by atoms with Crippen molar-refractivity contribution in [1.82, 2.24) is 19.9 Å². The summed E-state index contributed by atoms with van der Waals surface area (Å²) in [6, 6.07) is 22.4. The molecule has 0 fully saturated rings. The van der Waals surface area contributed by atoms with Crippen LogP contribution in [0.4, 0.5) is 5.69 Å². The van der Waals surface area contributed by atoms with Gasteiger partial charge in [0.25, 0.3) is 0 Å². The van der Waals surface area contributed by atoms with Gasteiger partial charge in [0.15, 0.2) is 5.82 Å². The van der Waals surface area contributed by atoms with E-state index >= 15 is 0 Å². The highest BCUT2D eigenvalue weighted by Crippen LogP contribution is 2.26. The standard InChI is InChI=1S/C23H22N6S/c1-28(2)21-10-8-18(9-11-21)16-25-29-22(20-12-14-24-15-13-20)26-27-23(29)30-17-19-6-4-3-5-7-19/h3-16H,17H2,1-2H3. The van der Waals surface area contributed by atoms with E-state index in [2.05, 4.69) is 44.3 Å². The van der Waals surface area contributed by atoms with Crippen LogP contribution in [-0.4, -0.2) is 40.2 Å². The number of rotatable bonds is 7. The molecule has 2 heterocycles. The fourth-order valence-electron chi connectivity index (χ4n) is 2.85. The lowest BCUT2D eigenvalue weighted by Crippen LogP contribution is -2.08. The zero-order chi connectivity index (χ0) is 20.8. The van der Waals surface area contributed by atoms with Crippen LogP contribution in [0, 0.1) is 0 Å². The van der Waals surface area contributed by atoms with Gasteiger partial charge in [-0.2, -0.15) is 9.78 Å². The Labute approximate surface area is 180 Å². The van der Waals surface area contributed by atoms with Gasteiger partial charge in [0.2, 0.25) is 5.16 Å². The van der Waals surface area contributed by atoms with Crippen LogP contribution in [0.15, 0.2) is 89.4 Å². The molecule has 0 aliphatic carbocycles. The van der Waals surface area contributed by atoms with E-state index in [9.17, 15) is 0 Å². The Kier molecular flexibility index (Phi) is 6.20. The van der Waals surface area contributed by atoms with E-state index < -0.39 is 0 Å². The molecule has 30 heavy (non-hydrogen) atoms. The first kappa shape index (κ1) is 19.8. The van der Waals surface area contributed by atoms with Crippen LogP contribution >= 0.6 is 11.8 Å². The van der Waals surface area contributed by atoms with E-state index in [4.69, 9.17) is 5.10 Å². The maximum absolute atomic E-state index is 4.71. The molecule has 0 spiro atoms. The van der Waals surface area contributed by atoms with Gasteiger partial charge in [0.05, 0.1) is 6.21 Å². The molecule has 7 heteroatoms. The second kappa shape index (κ2) is 9.37. The topological polar surface area (TPSA) is 59.2 Å². The maximum atomic E-state index is 4.71. The van der Waals surface area contributed by atoms with Crippen molar-refractivity contribution in [1.29, 1.82) is 0 Å². The van der Waals surface area contributed by atoms with Crippen LogP contribution in [0.2, 0.25) is 0 Å². The Balaban J connectivity index is 1.63. The highest BCUT2D eigenvalue weighted by Gasteiger charge is 2.14. The number of nitrogens with zero attached hydrogens (tertiary/aromatic N) is 6. The summed E-state index contributed by atoms with van der Waals surface area (Å²) in [5.41, 5.74) is 4.30. The molecule has 0 bridgehead atoms. The van der Waals surface area contributed by atoms with Crippen molar-refractivity contribution in [2.24, 2.45) is 5.10 Å². The number of hydrogen-bond donors (Lipinski definition) is 0. The van der Waals surface area contributed by atoms with Crippen molar-refractivity contribution >= 4 is 23.7 Å². The molecule has 150 valence electrons. The third-order valence-corrected chi connectivity index (χ3v) is 5.48. The third-order valence-electron chi connectivity index (χ3n) is 4.49. The molecular weight excluding hydrogens is 392 g/mol. The van der Waals surface area contributed by atoms with Gasteiger partial charge in [0, 0.05) is 43.5 Å². The van der Waals surface area contributed by atoms with E-state index in [0.717, 1.165) is 27.7 Å². The van der Waals surface area contributed by atoms with E-state index in [1.54, 1.807) is 28.8 Å². The summed E-state index contributed by atoms with van der Waals surface area (Å²) < 4.78 is 1.79. The molecule has 0 N–H and O–H groups in total. The van der Waals surface area contributed by atoms with Crippen molar-refractivity contribution in [2.75, 3.05) is 19.0 Å². The lowest BCUT2D eigenvalue weighted by molar-refractivity contribution is 0.772. The molecule has 0 saturated carbocycles. The summed E-state index contributed by atoms with van der Waals surface area (Å²) in [6.45, 7) is 0. The van der Waals surface area contributed by atoms with Gasteiger partial charge in [0.1, 0.15) is 0 Å². The molecule has 2 aromatic heterocycles. The summed E-state index contributed by atoms with van der Waals surface area (Å²) in [7, 11) is 4.05. The van der Waals surface area contributed by atoms with Crippen LogP contribution in [0.1, 0.15) is 11.1 Å². The van der Waals surface area contributed by atoms with Gasteiger partial charge in [-0.3, -0.25) is 4.98 Å². The molecular formula is C23H22N6S. The zero-order valence-electron chi connectivity index (χ0n) is 16.9. The quantitative estimate of drug-likeness (QED) is 0.327. The summed E-state index contributed by atoms with van der Waals surface area (Å²) >= 11 is 1.61. The SMILES string of the molecule is CN(C)c1ccc(C=Nn2c(SCc3ccccc3)nnc2-c2ccncc2)cc1. The monoisotopic (exact) mass is 414 g/mol. The Morgan fingerprint density at radius 1 is 0.933 bits per heavy atom. The fraction of sp³-hybridized carbons (Fsp3) is 0.130. The lowest BCUT2D eigenvalue weighted by Gasteiger charge is -2.11. The molecule has 0 aliphatic heterocycles. The van der Waals surface area contributed by atoms with Crippen LogP contribution in [0.3, 0.4) is 0 Å². The normalized spacial score (nSPS) is 11.1. The van der Waals surface area contributed by atoms with Crippen LogP contribution < -0.4 is 4.90 Å². The van der Waals surface area contributed by atoms with E-state index in [1.165, 1.54) is 5.56 Å². The van der Waals surface area contributed by atoms with Crippen molar-refractivity contribution in [2.45, 2.75) is 10.9 Å². The van der Waals surface area contributed by atoms with E-state index in [1.807, 2.05) is 62.8 Å². The first-order valence-electron chi connectivity index (χ1n) is 9.55. The largest absolute Gasteiger partial charge is 0.378 e. The average Bonchev–Trinajstić information content (AvgIpc) is 3.20. The molecule has 4 rings (SSSR count). The summed E-state index contributed by atoms with van der Waals surface area (Å²) in [5, 5.41) is 14.2. The molecule has 0 amide bonds. The number of hydrogen-bond acceptors (Lipinski definition) is 6. The predicted molar refractivity (Wildman–Crippen MR) is 123 cm³/mol. The highest BCUT2D eigenvalue weighted by atomic mass is 32.2. The van der Waals surface area contributed by atoms with Crippen molar-refractivity contribution < 1.29 is 0 Å². The van der Waals surface area contributed by atoms with Crippen LogP contribution in [0.25, 0.3) is 11.4 Å². The summed E-state index contributed by atoms with van der Waals surface area (Å²) in [4.78, 5) is 6.16. The van der Waals surface area contributed by atoms with E-state index in [0.29, 0.717) is 5.82 Å². The third kappa shape index (κ3) is 4.75. The Hall–Kier alpha value is -3.45. The molecule has 2 aromatic carbocycles. The van der Waals surface area contributed by atoms with Gasteiger partial charge in [-0.25, -0.2) is 0 Å². The van der Waals surface area contributed by atoms with Crippen molar-refractivity contribution in [3.63, 3.8) is 0 Å². The summed E-state index contributed by atoms with van der Waals surface area (Å²) in [6.07, 6.45) is 5.32. The summed E-state index contributed by atoms with van der Waals surface area (Å²) in [5.74, 6) is 1.48. The molecule has 4 aromatic rings. The van der Waals surface area contributed by atoms with Gasteiger partial charge < -0.3 is 4.90 Å². The maximum Gasteiger partial charge on any atom is 0.212 e. The highest BCUT2D eigenvalue weighted by molar-refractivity contribution is 7.98. The predicted octanol–water partition coefficient (Wildman–Crippen LogP) is 4.58. The zero-order valence-corrected chi connectivity index (χ0v) is 17.7. The van der Waals surface area contributed by atoms with E-state index in [-0.39, 0.29) is 0 Å². The smallest absolute Gasteiger partial charge is 0.212 e. The van der Waals surface area contributed by atoms with Crippen LogP contribution in [-0.2, 0) is 5.75 Å². The Morgan fingerprint density at radius 2 is 1.67 bits per heavy atom. The molecule has 0 aliphatic rings. The first-order chi connectivity index (χ1) is 14.7. The average molecular weight is 415 g/mol. The molecule has 0 unspecified atom stereocenters. The molecule has 0 radical (unpaired) electrons. The Morgan fingerprint density at radius 3 is 2.37 bits per heavy atom.